The number of carbonyl (C=O) groups excluding carboxylic acids is 2. The Kier molecular flexibility index (Phi) is 7.07. The van der Waals surface area contributed by atoms with Gasteiger partial charge in [-0.3, -0.25) is 9.59 Å². The van der Waals surface area contributed by atoms with Gasteiger partial charge in [0.15, 0.2) is 0 Å². The van der Waals surface area contributed by atoms with E-state index in [1.165, 1.54) is 0 Å². The molecule has 1 N–H and O–H groups in total. The highest BCUT2D eigenvalue weighted by Crippen LogP contribution is 2.21. The third kappa shape index (κ3) is 5.80. The SMILES string of the molecule is CC(C)Oc1cc(CCC(=O)N2CCNC(=O)C2Cc2ccc(-c3ccccc3)cc2)on1. The average Bonchev–Trinajstić information content (AvgIpc) is 3.26. The quantitative estimate of drug-likeness (QED) is 0.570. The second kappa shape index (κ2) is 10.3. The Morgan fingerprint density at radius 2 is 1.88 bits per heavy atom. The van der Waals surface area contributed by atoms with Gasteiger partial charge < -0.3 is 19.5 Å². The van der Waals surface area contributed by atoms with Crippen molar-refractivity contribution >= 4 is 11.8 Å². The number of ether oxygens (including phenoxy) is 1. The number of carbonyl (C=O) groups is 2. The van der Waals surface area contributed by atoms with Crippen LogP contribution in [0.4, 0.5) is 0 Å². The first-order valence-electron chi connectivity index (χ1n) is 11.3. The Hall–Kier alpha value is -3.61. The van der Waals surface area contributed by atoms with Gasteiger partial charge in [0, 0.05) is 38.4 Å². The summed E-state index contributed by atoms with van der Waals surface area (Å²) < 4.78 is 10.8. The average molecular weight is 448 g/mol. The largest absolute Gasteiger partial charge is 0.473 e. The highest BCUT2D eigenvalue weighted by atomic mass is 16.5. The summed E-state index contributed by atoms with van der Waals surface area (Å²) in [5.74, 6) is 0.822. The van der Waals surface area contributed by atoms with Crippen LogP contribution >= 0.6 is 0 Å². The molecule has 0 spiro atoms. The van der Waals surface area contributed by atoms with E-state index >= 15 is 0 Å². The molecule has 0 bridgehead atoms. The van der Waals surface area contributed by atoms with Gasteiger partial charge in [-0.2, -0.15) is 0 Å². The molecule has 0 aliphatic carbocycles. The zero-order valence-corrected chi connectivity index (χ0v) is 19.0. The molecule has 3 aromatic rings. The number of nitrogens with one attached hydrogen (secondary N) is 1. The first-order chi connectivity index (χ1) is 16.0. The number of benzene rings is 2. The lowest BCUT2D eigenvalue weighted by molar-refractivity contribution is -0.143. The van der Waals surface area contributed by atoms with Crippen molar-refractivity contribution in [3.63, 3.8) is 0 Å². The molecule has 1 aliphatic heterocycles. The summed E-state index contributed by atoms with van der Waals surface area (Å²) in [4.78, 5) is 27.3. The lowest BCUT2D eigenvalue weighted by Gasteiger charge is -2.35. The molecule has 1 saturated heterocycles. The molecule has 7 heteroatoms. The Morgan fingerprint density at radius 1 is 1.15 bits per heavy atom. The minimum absolute atomic E-state index is 0.000962. The van der Waals surface area contributed by atoms with E-state index in [9.17, 15) is 9.59 Å². The molecular formula is C26H29N3O4. The predicted molar refractivity (Wildman–Crippen MR) is 125 cm³/mol. The van der Waals surface area contributed by atoms with E-state index in [4.69, 9.17) is 9.26 Å². The van der Waals surface area contributed by atoms with Crippen molar-refractivity contribution in [2.24, 2.45) is 0 Å². The van der Waals surface area contributed by atoms with E-state index in [1.807, 2.05) is 44.2 Å². The molecule has 1 unspecified atom stereocenters. The molecule has 1 aromatic heterocycles. The van der Waals surface area contributed by atoms with Crippen LogP contribution in [0, 0.1) is 0 Å². The lowest BCUT2D eigenvalue weighted by Crippen LogP contribution is -2.58. The van der Waals surface area contributed by atoms with Gasteiger partial charge in [-0.1, -0.05) is 54.6 Å². The van der Waals surface area contributed by atoms with Crippen LogP contribution in [0.3, 0.4) is 0 Å². The highest BCUT2D eigenvalue weighted by Gasteiger charge is 2.33. The number of rotatable bonds is 8. The number of nitrogens with zero attached hydrogens (tertiary/aromatic N) is 2. The van der Waals surface area contributed by atoms with Crippen molar-refractivity contribution in [1.82, 2.24) is 15.4 Å². The van der Waals surface area contributed by atoms with Gasteiger partial charge in [0.1, 0.15) is 11.8 Å². The third-order valence-electron chi connectivity index (χ3n) is 5.62. The van der Waals surface area contributed by atoms with Crippen molar-refractivity contribution in [2.75, 3.05) is 13.1 Å². The van der Waals surface area contributed by atoms with Gasteiger partial charge in [-0.05, 0) is 35.7 Å². The van der Waals surface area contributed by atoms with Crippen molar-refractivity contribution in [1.29, 1.82) is 0 Å². The maximum Gasteiger partial charge on any atom is 0.254 e. The number of piperazine rings is 1. The van der Waals surface area contributed by atoms with Crippen LogP contribution in [0.1, 0.15) is 31.6 Å². The molecule has 7 nitrogen and oxygen atoms in total. The van der Waals surface area contributed by atoms with Crippen molar-refractivity contribution in [3.05, 3.63) is 72.0 Å². The van der Waals surface area contributed by atoms with Crippen LogP contribution in [-0.4, -0.2) is 47.1 Å². The van der Waals surface area contributed by atoms with Gasteiger partial charge >= 0.3 is 0 Å². The van der Waals surface area contributed by atoms with Gasteiger partial charge in [-0.15, -0.1) is 0 Å². The molecule has 33 heavy (non-hydrogen) atoms. The number of aromatic nitrogens is 1. The Morgan fingerprint density at radius 3 is 2.61 bits per heavy atom. The van der Waals surface area contributed by atoms with Gasteiger partial charge in [0.25, 0.3) is 5.88 Å². The predicted octanol–water partition coefficient (Wildman–Crippen LogP) is 3.63. The lowest BCUT2D eigenvalue weighted by atomic mass is 9.98. The topological polar surface area (TPSA) is 84.7 Å². The second-order valence-corrected chi connectivity index (χ2v) is 8.46. The zero-order valence-electron chi connectivity index (χ0n) is 19.0. The van der Waals surface area contributed by atoms with Gasteiger partial charge in [-0.25, -0.2) is 0 Å². The molecule has 172 valence electrons. The van der Waals surface area contributed by atoms with Crippen LogP contribution < -0.4 is 10.1 Å². The molecule has 0 saturated carbocycles. The van der Waals surface area contributed by atoms with Crippen LogP contribution in [0.25, 0.3) is 11.1 Å². The van der Waals surface area contributed by atoms with Crippen LogP contribution in [-0.2, 0) is 22.4 Å². The summed E-state index contributed by atoms with van der Waals surface area (Å²) in [6.45, 7) is 4.78. The smallest absolute Gasteiger partial charge is 0.254 e. The van der Waals surface area contributed by atoms with E-state index in [-0.39, 0.29) is 24.3 Å². The van der Waals surface area contributed by atoms with Crippen molar-refractivity contribution < 1.29 is 18.8 Å². The first kappa shape index (κ1) is 22.6. The zero-order chi connectivity index (χ0) is 23.2. The van der Waals surface area contributed by atoms with Gasteiger partial charge in [0.05, 0.1) is 6.10 Å². The Balaban J connectivity index is 1.39. The van der Waals surface area contributed by atoms with Crippen LogP contribution in [0.2, 0.25) is 0 Å². The fourth-order valence-electron chi connectivity index (χ4n) is 3.99. The molecule has 0 radical (unpaired) electrons. The standard InChI is InChI=1S/C26H29N3O4/c1-18(2)32-24-17-22(33-28-24)12-13-25(30)29-15-14-27-26(31)23(29)16-19-8-10-21(11-9-19)20-6-4-3-5-7-20/h3-11,17-18,23H,12-16H2,1-2H3,(H,27,31). The maximum absolute atomic E-state index is 13.0. The second-order valence-electron chi connectivity index (χ2n) is 8.46. The Bertz CT molecular complexity index is 1080. The molecule has 1 aliphatic rings. The summed E-state index contributed by atoms with van der Waals surface area (Å²) in [6, 6.07) is 19.5. The molecular weight excluding hydrogens is 418 g/mol. The molecule has 4 rings (SSSR count). The van der Waals surface area contributed by atoms with E-state index in [2.05, 4.69) is 34.7 Å². The van der Waals surface area contributed by atoms with Crippen LogP contribution in [0.5, 0.6) is 5.88 Å². The number of aryl methyl sites for hydroxylation is 1. The van der Waals surface area contributed by atoms with E-state index in [0.29, 0.717) is 37.6 Å². The maximum atomic E-state index is 13.0. The first-order valence-corrected chi connectivity index (χ1v) is 11.3. The van der Waals surface area contributed by atoms with Gasteiger partial charge in [0.2, 0.25) is 11.8 Å². The van der Waals surface area contributed by atoms with E-state index in [1.54, 1.807) is 11.0 Å². The fraction of sp³-hybridized carbons (Fsp3) is 0.346. The molecule has 2 heterocycles. The highest BCUT2D eigenvalue weighted by molar-refractivity contribution is 5.89. The monoisotopic (exact) mass is 447 g/mol. The summed E-state index contributed by atoms with van der Waals surface area (Å²) >= 11 is 0. The molecule has 2 aromatic carbocycles. The normalized spacial score (nSPS) is 16.0. The summed E-state index contributed by atoms with van der Waals surface area (Å²) in [6.07, 6.45) is 1.12. The Labute approximate surface area is 193 Å². The van der Waals surface area contributed by atoms with Crippen molar-refractivity contribution in [2.45, 2.75) is 45.3 Å². The van der Waals surface area contributed by atoms with E-state index in [0.717, 1.165) is 16.7 Å². The fourth-order valence-corrected chi connectivity index (χ4v) is 3.99. The number of hydrogen-bond donors (Lipinski definition) is 1. The minimum Gasteiger partial charge on any atom is -0.473 e. The minimum atomic E-state index is -0.525. The molecule has 1 atom stereocenters. The third-order valence-corrected chi connectivity index (χ3v) is 5.62. The number of amides is 2. The van der Waals surface area contributed by atoms with Crippen LogP contribution in [0.15, 0.2) is 65.2 Å². The molecule has 1 fully saturated rings. The summed E-state index contributed by atoms with van der Waals surface area (Å²) in [5, 5.41) is 6.76. The summed E-state index contributed by atoms with van der Waals surface area (Å²) in [7, 11) is 0. The summed E-state index contributed by atoms with van der Waals surface area (Å²) in [5.41, 5.74) is 3.28. The van der Waals surface area contributed by atoms with Crippen molar-refractivity contribution in [3.8, 4) is 17.0 Å². The van der Waals surface area contributed by atoms with E-state index < -0.39 is 6.04 Å². The number of hydrogen-bond acceptors (Lipinski definition) is 5. The molecule has 2 amide bonds.